The SMILES string of the molecule is CC1(C)OC(N[C@@H](CCO[Si](C)(C)C(C)(C)C)c2ccccc2F)=NS(=O)(=O)C1(C)Cc1ccc(-c2ccc(C(F)(F)F)cn2)cc1. The Labute approximate surface area is 276 Å². The standard InChI is InChI=1S/C34H43F4N3O4SSi/c1-31(2,3)47(7,8)44-20-19-29(26-11-9-10-12-27(26)35)40-30-41-46(42,43)33(6,32(4,5)45-30)21-23-13-15-24(16-14-23)28-18-17-25(22-39-28)34(36,37)38/h9-18,22,29H,19-21H2,1-8H3,(H,40,41)/t29-,33?/m0/s1. The average molecular weight is 694 g/mol. The molecule has 2 atom stereocenters. The first-order chi connectivity index (χ1) is 21.6. The van der Waals surface area contributed by atoms with E-state index in [1.54, 1.807) is 63.2 Å². The molecule has 3 aromatic rings. The lowest BCUT2D eigenvalue weighted by atomic mass is 9.85. The Morgan fingerprint density at radius 1 is 0.979 bits per heavy atom. The average Bonchev–Trinajstić information content (AvgIpc) is 2.95. The van der Waals surface area contributed by atoms with E-state index >= 15 is 0 Å². The highest BCUT2D eigenvalue weighted by atomic mass is 32.2. The van der Waals surface area contributed by atoms with Crippen LogP contribution in [0.2, 0.25) is 18.1 Å². The minimum absolute atomic E-state index is 0.0214. The molecular weight excluding hydrogens is 651 g/mol. The van der Waals surface area contributed by atoms with Crippen molar-refractivity contribution in [3.63, 3.8) is 0 Å². The molecule has 1 unspecified atom stereocenters. The number of hydrogen-bond donors (Lipinski definition) is 1. The van der Waals surface area contributed by atoms with Gasteiger partial charge in [0.2, 0.25) is 0 Å². The second kappa shape index (κ2) is 13.0. The Kier molecular flexibility index (Phi) is 10.1. The number of nitrogens with zero attached hydrogens (tertiary/aromatic N) is 2. The second-order valence-corrected chi connectivity index (χ2v) is 21.0. The van der Waals surface area contributed by atoms with Crippen molar-refractivity contribution in [2.75, 3.05) is 6.61 Å². The molecule has 4 rings (SSSR count). The van der Waals surface area contributed by atoms with E-state index in [2.05, 4.69) is 48.6 Å². The van der Waals surface area contributed by atoms with Crippen LogP contribution in [-0.4, -0.2) is 44.7 Å². The summed E-state index contributed by atoms with van der Waals surface area (Å²) in [5, 5.41) is 3.04. The molecule has 1 aliphatic rings. The van der Waals surface area contributed by atoms with E-state index in [1.165, 1.54) is 12.1 Å². The highest BCUT2D eigenvalue weighted by molar-refractivity contribution is 7.91. The number of aromatic nitrogens is 1. The summed E-state index contributed by atoms with van der Waals surface area (Å²) in [4.78, 5) is 3.93. The van der Waals surface area contributed by atoms with Gasteiger partial charge in [-0.15, -0.1) is 4.40 Å². The van der Waals surface area contributed by atoms with Crippen LogP contribution in [0.1, 0.15) is 70.7 Å². The maximum absolute atomic E-state index is 15.0. The molecule has 47 heavy (non-hydrogen) atoms. The first-order valence-electron chi connectivity index (χ1n) is 15.4. The van der Waals surface area contributed by atoms with E-state index in [-0.39, 0.29) is 17.5 Å². The molecule has 0 bridgehead atoms. The van der Waals surface area contributed by atoms with Gasteiger partial charge in [0.25, 0.3) is 10.0 Å². The number of halogens is 4. The van der Waals surface area contributed by atoms with Gasteiger partial charge in [0, 0.05) is 23.9 Å². The molecule has 2 aromatic carbocycles. The monoisotopic (exact) mass is 693 g/mol. The zero-order chi connectivity index (χ0) is 35.1. The van der Waals surface area contributed by atoms with Gasteiger partial charge in [-0.05, 0) is 75.5 Å². The summed E-state index contributed by atoms with van der Waals surface area (Å²) < 4.78 is 96.6. The molecule has 2 heterocycles. The zero-order valence-electron chi connectivity index (χ0n) is 28.0. The van der Waals surface area contributed by atoms with Gasteiger partial charge in [-0.2, -0.15) is 13.2 Å². The van der Waals surface area contributed by atoms with Gasteiger partial charge in [-0.25, -0.2) is 12.8 Å². The van der Waals surface area contributed by atoms with Crippen LogP contribution in [0.4, 0.5) is 17.6 Å². The number of ether oxygens (including phenoxy) is 1. The van der Waals surface area contributed by atoms with Crippen molar-refractivity contribution < 1.29 is 35.1 Å². The zero-order valence-corrected chi connectivity index (χ0v) is 29.8. The topological polar surface area (TPSA) is 89.9 Å². The molecule has 256 valence electrons. The third-order valence-corrected chi connectivity index (χ3v) is 16.3. The molecule has 7 nitrogen and oxygen atoms in total. The van der Waals surface area contributed by atoms with Crippen LogP contribution in [0.3, 0.4) is 0 Å². The third kappa shape index (κ3) is 7.89. The van der Waals surface area contributed by atoms with E-state index in [0.717, 1.165) is 12.3 Å². The molecule has 0 spiro atoms. The number of sulfonamides is 1. The van der Waals surface area contributed by atoms with Gasteiger partial charge in [-0.3, -0.25) is 4.98 Å². The van der Waals surface area contributed by atoms with E-state index < -0.39 is 52.3 Å². The number of rotatable bonds is 9. The number of pyridine rings is 1. The van der Waals surface area contributed by atoms with Gasteiger partial charge in [0.15, 0.2) is 8.32 Å². The summed E-state index contributed by atoms with van der Waals surface area (Å²) in [6, 6.07) is 14.4. The molecule has 0 saturated carbocycles. The van der Waals surface area contributed by atoms with Crippen molar-refractivity contribution in [2.24, 2.45) is 4.40 Å². The Morgan fingerprint density at radius 3 is 2.15 bits per heavy atom. The van der Waals surface area contributed by atoms with Gasteiger partial charge in [0.1, 0.15) is 16.2 Å². The van der Waals surface area contributed by atoms with E-state index in [1.807, 2.05) is 0 Å². The minimum Gasteiger partial charge on any atom is -0.457 e. The lowest BCUT2D eigenvalue weighted by Crippen LogP contribution is -2.61. The molecule has 1 N–H and O–H groups in total. The van der Waals surface area contributed by atoms with Crippen LogP contribution in [-0.2, 0) is 31.8 Å². The number of benzene rings is 2. The summed E-state index contributed by atoms with van der Waals surface area (Å²) >= 11 is 0. The molecule has 0 amide bonds. The van der Waals surface area contributed by atoms with Gasteiger partial charge < -0.3 is 14.5 Å². The molecule has 0 fully saturated rings. The maximum Gasteiger partial charge on any atom is 0.417 e. The summed E-state index contributed by atoms with van der Waals surface area (Å²) in [5.41, 5.74) is -0.198. The molecule has 1 aliphatic heterocycles. The summed E-state index contributed by atoms with van der Waals surface area (Å²) in [7, 11) is -6.29. The first-order valence-corrected chi connectivity index (χ1v) is 19.7. The summed E-state index contributed by atoms with van der Waals surface area (Å²) in [6.07, 6.45) is -3.33. The quantitative estimate of drug-likeness (QED) is 0.179. The lowest BCUT2D eigenvalue weighted by Gasteiger charge is -2.45. The van der Waals surface area contributed by atoms with Gasteiger partial charge >= 0.3 is 12.2 Å². The van der Waals surface area contributed by atoms with Gasteiger partial charge in [-0.1, -0.05) is 63.2 Å². The normalized spacial score (nSPS) is 20.2. The predicted molar refractivity (Wildman–Crippen MR) is 178 cm³/mol. The van der Waals surface area contributed by atoms with Crippen LogP contribution in [0, 0.1) is 5.82 Å². The van der Waals surface area contributed by atoms with Crippen LogP contribution in [0.5, 0.6) is 0 Å². The van der Waals surface area contributed by atoms with Crippen LogP contribution < -0.4 is 5.32 Å². The molecule has 0 radical (unpaired) electrons. The van der Waals surface area contributed by atoms with E-state index in [9.17, 15) is 26.0 Å². The van der Waals surface area contributed by atoms with Crippen molar-refractivity contribution in [2.45, 2.75) is 95.1 Å². The fraction of sp³-hybridized carbons (Fsp3) is 0.471. The Bertz CT molecular complexity index is 1700. The van der Waals surface area contributed by atoms with Crippen molar-refractivity contribution in [3.8, 4) is 11.3 Å². The van der Waals surface area contributed by atoms with E-state index in [4.69, 9.17) is 9.16 Å². The first kappa shape index (κ1) is 36.5. The second-order valence-electron chi connectivity index (χ2n) is 14.1. The maximum atomic E-state index is 15.0. The fourth-order valence-electron chi connectivity index (χ4n) is 5.02. The largest absolute Gasteiger partial charge is 0.457 e. The Balaban J connectivity index is 1.56. The Morgan fingerprint density at radius 2 is 1.62 bits per heavy atom. The van der Waals surface area contributed by atoms with Crippen molar-refractivity contribution in [1.82, 2.24) is 10.3 Å². The number of alkyl halides is 3. The molecule has 13 heteroatoms. The highest BCUT2D eigenvalue weighted by Gasteiger charge is 2.57. The molecular formula is C34H43F4N3O4SSi. The smallest absolute Gasteiger partial charge is 0.417 e. The van der Waals surface area contributed by atoms with Crippen molar-refractivity contribution in [1.29, 1.82) is 0 Å². The third-order valence-electron chi connectivity index (χ3n) is 9.53. The molecule has 0 aliphatic carbocycles. The lowest BCUT2D eigenvalue weighted by molar-refractivity contribution is -0.137. The van der Waals surface area contributed by atoms with E-state index in [0.29, 0.717) is 35.4 Å². The van der Waals surface area contributed by atoms with Gasteiger partial charge in [0.05, 0.1) is 17.3 Å². The number of hydrogen-bond acceptors (Lipinski definition) is 6. The molecule has 1 aromatic heterocycles. The van der Waals surface area contributed by atoms with Crippen LogP contribution >= 0.6 is 0 Å². The number of nitrogens with one attached hydrogen (secondary N) is 1. The Hall–Kier alpha value is -3.29. The summed E-state index contributed by atoms with van der Waals surface area (Å²) in [6.45, 7) is 15.9. The summed E-state index contributed by atoms with van der Waals surface area (Å²) in [5.74, 6) is -0.448. The minimum atomic E-state index is -4.49. The van der Waals surface area contributed by atoms with Crippen molar-refractivity contribution in [3.05, 3.63) is 89.4 Å². The fourth-order valence-corrected chi connectivity index (χ4v) is 7.61. The van der Waals surface area contributed by atoms with Crippen LogP contribution in [0.15, 0.2) is 71.3 Å². The predicted octanol–water partition coefficient (Wildman–Crippen LogP) is 8.45. The number of amidine groups is 1. The molecule has 0 saturated heterocycles. The van der Waals surface area contributed by atoms with Crippen LogP contribution in [0.25, 0.3) is 11.3 Å². The van der Waals surface area contributed by atoms with Crippen molar-refractivity contribution >= 4 is 24.4 Å². The highest BCUT2D eigenvalue weighted by Crippen LogP contribution is 2.42.